The highest BCUT2D eigenvalue weighted by Crippen LogP contribution is 2.38. The van der Waals surface area contributed by atoms with Crippen molar-refractivity contribution in [2.24, 2.45) is 0 Å². The maximum absolute atomic E-state index is 12.8. The van der Waals surface area contributed by atoms with Gasteiger partial charge >= 0.3 is 0 Å². The number of nitrogens with zero attached hydrogens (tertiary/aromatic N) is 2. The van der Waals surface area contributed by atoms with E-state index >= 15 is 0 Å². The number of carbonyl (C=O) groups excluding carboxylic acids is 2. The molecule has 2 unspecified atom stereocenters. The molecule has 1 saturated heterocycles. The zero-order valence-corrected chi connectivity index (χ0v) is 13.2. The van der Waals surface area contributed by atoms with Crippen molar-refractivity contribution in [1.29, 1.82) is 0 Å². The lowest BCUT2D eigenvalue weighted by atomic mass is 10.1. The zero-order chi connectivity index (χ0) is 15.0. The smallest absolute Gasteiger partial charge is 0.244 e. The fourth-order valence-electron chi connectivity index (χ4n) is 3.09. The molecular weight excluding hydrogens is 284 g/mol. The standard InChI is InChI=1S/C16H20N2O2S/c1-17(2)15(19)12-7-5-9-18(12)16(20)14-10-11-6-3-4-8-13(11)21-14/h3-4,6,8,12,14H,5,7,9-10H2,1-2H3. The third kappa shape index (κ3) is 2.67. The number of fused-ring (bicyclic) bond motifs is 1. The molecule has 21 heavy (non-hydrogen) atoms. The van der Waals surface area contributed by atoms with Gasteiger partial charge in [-0.05, 0) is 30.9 Å². The van der Waals surface area contributed by atoms with Crippen LogP contribution in [0.25, 0.3) is 0 Å². The molecule has 0 radical (unpaired) electrons. The van der Waals surface area contributed by atoms with E-state index in [9.17, 15) is 9.59 Å². The van der Waals surface area contributed by atoms with Crippen LogP contribution < -0.4 is 0 Å². The lowest BCUT2D eigenvalue weighted by Gasteiger charge is -2.28. The second-order valence-corrected chi connectivity index (χ2v) is 7.09. The molecule has 0 saturated carbocycles. The first kappa shape index (κ1) is 14.4. The molecule has 0 spiro atoms. The molecule has 1 fully saturated rings. The quantitative estimate of drug-likeness (QED) is 0.836. The van der Waals surface area contributed by atoms with Gasteiger partial charge in [-0.3, -0.25) is 9.59 Å². The van der Waals surface area contributed by atoms with Crippen molar-refractivity contribution in [1.82, 2.24) is 9.80 Å². The summed E-state index contributed by atoms with van der Waals surface area (Å²) in [6, 6.07) is 7.91. The van der Waals surface area contributed by atoms with Crippen LogP contribution in [-0.2, 0) is 16.0 Å². The number of likely N-dealkylation sites (tertiary alicyclic amines) is 1. The first-order chi connectivity index (χ1) is 10.1. The first-order valence-electron chi connectivity index (χ1n) is 7.34. The summed E-state index contributed by atoms with van der Waals surface area (Å²) in [5, 5.41) is -0.0713. The van der Waals surface area contributed by atoms with Gasteiger partial charge in [-0.1, -0.05) is 18.2 Å². The number of rotatable bonds is 2. The van der Waals surface area contributed by atoms with Gasteiger partial charge in [-0.25, -0.2) is 0 Å². The highest BCUT2D eigenvalue weighted by atomic mass is 32.2. The summed E-state index contributed by atoms with van der Waals surface area (Å²) in [5.74, 6) is 0.162. The average Bonchev–Trinajstić information content (AvgIpc) is 3.11. The van der Waals surface area contributed by atoms with Crippen molar-refractivity contribution in [2.75, 3.05) is 20.6 Å². The predicted octanol–water partition coefficient (Wildman–Crippen LogP) is 1.78. The molecule has 4 nitrogen and oxygen atoms in total. The Kier molecular flexibility index (Phi) is 3.93. The molecule has 112 valence electrons. The minimum absolute atomic E-state index is 0.0429. The van der Waals surface area contributed by atoms with Gasteiger partial charge in [0.1, 0.15) is 6.04 Å². The van der Waals surface area contributed by atoms with Crippen molar-refractivity contribution >= 4 is 23.6 Å². The Morgan fingerprint density at radius 3 is 2.76 bits per heavy atom. The fraction of sp³-hybridized carbons (Fsp3) is 0.500. The minimum atomic E-state index is -0.267. The second-order valence-electron chi connectivity index (χ2n) is 5.84. The lowest BCUT2D eigenvalue weighted by molar-refractivity contribution is -0.141. The third-order valence-electron chi connectivity index (χ3n) is 4.18. The molecule has 0 aromatic heterocycles. The van der Waals surface area contributed by atoms with Gasteiger partial charge in [-0.15, -0.1) is 11.8 Å². The summed E-state index contributed by atoms with van der Waals surface area (Å²) in [6.45, 7) is 0.705. The van der Waals surface area contributed by atoms with Crippen LogP contribution in [0, 0.1) is 0 Å². The van der Waals surface area contributed by atoms with Crippen molar-refractivity contribution in [3.63, 3.8) is 0 Å². The topological polar surface area (TPSA) is 40.6 Å². The van der Waals surface area contributed by atoms with Crippen molar-refractivity contribution in [2.45, 2.75) is 35.4 Å². The summed E-state index contributed by atoms with van der Waals surface area (Å²) in [7, 11) is 3.51. The molecule has 0 N–H and O–H groups in total. The number of benzene rings is 1. The first-order valence-corrected chi connectivity index (χ1v) is 8.22. The molecule has 1 aromatic rings. The van der Waals surface area contributed by atoms with E-state index in [1.807, 2.05) is 12.1 Å². The van der Waals surface area contributed by atoms with E-state index in [-0.39, 0.29) is 23.1 Å². The van der Waals surface area contributed by atoms with E-state index in [2.05, 4.69) is 12.1 Å². The van der Waals surface area contributed by atoms with E-state index in [0.717, 1.165) is 19.3 Å². The predicted molar refractivity (Wildman–Crippen MR) is 83.2 cm³/mol. The van der Waals surface area contributed by atoms with Crippen LogP contribution in [-0.4, -0.2) is 53.5 Å². The number of carbonyl (C=O) groups is 2. The van der Waals surface area contributed by atoms with Gasteiger partial charge in [-0.2, -0.15) is 0 Å². The monoisotopic (exact) mass is 304 g/mol. The van der Waals surface area contributed by atoms with Crippen LogP contribution in [0.5, 0.6) is 0 Å². The Balaban J connectivity index is 1.73. The SMILES string of the molecule is CN(C)C(=O)C1CCCN1C(=O)C1Cc2ccccc2S1. The summed E-state index contributed by atoms with van der Waals surface area (Å²) in [4.78, 5) is 29.6. The average molecular weight is 304 g/mol. The van der Waals surface area contributed by atoms with Crippen LogP contribution >= 0.6 is 11.8 Å². The summed E-state index contributed by atoms with van der Waals surface area (Å²) < 4.78 is 0. The molecule has 2 aliphatic rings. The van der Waals surface area contributed by atoms with Gasteiger partial charge in [0.25, 0.3) is 0 Å². The number of likely N-dealkylation sites (N-methyl/N-ethyl adjacent to an activating group) is 1. The van der Waals surface area contributed by atoms with E-state index < -0.39 is 0 Å². The maximum Gasteiger partial charge on any atom is 0.244 e. The Morgan fingerprint density at radius 1 is 1.29 bits per heavy atom. The number of amides is 2. The van der Waals surface area contributed by atoms with E-state index in [4.69, 9.17) is 0 Å². The van der Waals surface area contributed by atoms with Crippen molar-refractivity contribution < 1.29 is 9.59 Å². The number of thioether (sulfide) groups is 1. The molecule has 0 aliphatic carbocycles. The molecule has 2 heterocycles. The summed E-state index contributed by atoms with van der Waals surface area (Å²) in [5.41, 5.74) is 1.25. The van der Waals surface area contributed by atoms with Gasteiger partial charge in [0.15, 0.2) is 0 Å². The minimum Gasteiger partial charge on any atom is -0.347 e. The van der Waals surface area contributed by atoms with E-state index in [1.165, 1.54) is 10.5 Å². The largest absolute Gasteiger partial charge is 0.347 e. The zero-order valence-electron chi connectivity index (χ0n) is 12.4. The van der Waals surface area contributed by atoms with Crippen LogP contribution in [0.2, 0.25) is 0 Å². The molecule has 2 aliphatic heterocycles. The molecule has 5 heteroatoms. The Bertz CT molecular complexity index is 548. The highest BCUT2D eigenvalue weighted by molar-refractivity contribution is 8.01. The van der Waals surface area contributed by atoms with Crippen LogP contribution in [0.4, 0.5) is 0 Å². The summed E-state index contributed by atoms with van der Waals surface area (Å²) in [6.07, 6.45) is 2.48. The molecule has 2 amide bonds. The Morgan fingerprint density at radius 2 is 2.05 bits per heavy atom. The molecule has 3 rings (SSSR count). The Hall–Kier alpha value is -1.49. The van der Waals surface area contributed by atoms with E-state index in [1.54, 1.807) is 35.7 Å². The van der Waals surface area contributed by atoms with Crippen LogP contribution in [0.15, 0.2) is 29.2 Å². The highest BCUT2D eigenvalue weighted by Gasteiger charge is 2.39. The van der Waals surface area contributed by atoms with Gasteiger partial charge in [0.05, 0.1) is 5.25 Å². The third-order valence-corrected chi connectivity index (χ3v) is 5.49. The summed E-state index contributed by atoms with van der Waals surface area (Å²) >= 11 is 1.64. The van der Waals surface area contributed by atoms with E-state index in [0.29, 0.717) is 6.54 Å². The lowest BCUT2D eigenvalue weighted by Crippen LogP contribution is -2.48. The Labute approximate surface area is 129 Å². The van der Waals surface area contributed by atoms with Crippen molar-refractivity contribution in [3.05, 3.63) is 29.8 Å². The van der Waals surface area contributed by atoms with Gasteiger partial charge in [0.2, 0.25) is 11.8 Å². The molecular formula is C16H20N2O2S. The normalized spacial score (nSPS) is 24.0. The molecule has 2 atom stereocenters. The van der Waals surface area contributed by atoms with Crippen LogP contribution in [0.3, 0.4) is 0 Å². The van der Waals surface area contributed by atoms with Crippen LogP contribution in [0.1, 0.15) is 18.4 Å². The van der Waals surface area contributed by atoms with Gasteiger partial charge in [0, 0.05) is 25.5 Å². The van der Waals surface area contributed by atoms with Gasteiger partial charge < -0.3 is 9.80 Å². The maximum atomic E-state index is 12.8. The number of hydrogen-bond donors (Lipinski definition) is 0. The fourth-order valence-corrected chi connectivity index (χ4v) is 4.36. The molecule has 1 aromatic carbocycles. The number of hydrogen-bond acceptors (Lipinski definition) is 3. The second kappa shape index (κ2) is 5.72. The van der Waals surface area contributed by atoms with Crippen molar-refractivity contribution in [3.8, 4) is 0 Å². The molecule has 0 bridgehead atoms.